The number of hydrogen-bond donors (Lipinski definition) is 0. The van der Waals surface area contributed by atoms with Gasteiger partial charge in [0.1, 0.15) is 10.6 Å². The van der Waals surface area contributed by atoms with Crippen LogP contribution in [0.1, 0.15) is 0 Å². The molecule has 0 spiro atoms. The number of sulfonamides is 2. The molecule has 2 saturated heterocycles. The van der Waals surface area contributed by atoms with Gasteiger partial charge in [-0.1, -0.05) is 0 Å². The van der Waals surface area contributed by atoms with E-state index in [4.69, 9.17) is 4.74 Å². The van der Waals surface area contributed by atoms with Crippen molar-refractivity contribution in [2.75, 3.05) is 73.6 Å². The van der Waals surface area contributed by atoms with Crippen LogP contribution in [0.2, 0.25) is 0 Å². The number of ether oxygens (including phenoxy) is 1. The van der Waals surface area contributed by atoms with Crippen LogP contribution in [0.15, 0.2) is 28.0 Å². The molecule has 0 saturated carbocycles. The Morgan fingerprint density at radius 3 is 1.68 bits per heavy atom. The number of hydrogen-bond acceptors (Lipinski definition) is 7. The third-order valence-electron chi connectivity index (χ3n) is 5.32. The first kappa shape index (κ1) is 21.5. The van der Waals surface area contributed by atoms with Crippen LogP contribution in [0.5, 0.6) is 5.75 Å². The summed E-state index contributed by atoms with van der Waals surface area (Å²) in [5, 5.41) is 0. The van der Waals surface area contributed by atoms with E-state index in [2.05, 4.69) is 9.80 Å². The van der Waals surface area contributed by atoms with Gasteiger partial charge in [0.05, 0.1) is 12.0 Å². The van der Waals surface area contributed by atoms with Gasteiger partial charge in [-0.3, -0.25) is 0 Å². The predicted octanol–water partition coefficient (Wildman–Crippen LogP) is -0.433. The van der Waals surface area contributed by atoms with Gasteiger partial charge in [0.2, 0.25) is 20.0 Å². The van der Waals surface area contributed by atoms with Gasteiger partial charge in [0.15, 0.2) is 0 Å². The second-order valence-corrected chi connectivity index (χ2v) is 11.1. The lowest BCUT2D eigenvalue weighted by molar-refractivity contribution is 0.221. The molecule has 0 bridgehead atoms. The number of likely N-dealkylation sites (N-methyl/N-ethyl adjacent to an activating group) is 2. The number of nitrogens with zero attached hydrogens (tertiary/aromatic N) is 4. The highest BCUT2D eigenvalue weighted by atomic mass is 32.2. The van der Waals surface area contributed by atoms with E-state index in [1.165, 1.54) is 33.9 Å². The van der Waals surface area contributed by atoms with Crippen LogP contribution in [0.3, 0.4) is 0 Å². The SMILES string of the molecule is COc1ccc(S(=O)(=O)N2CCN(C)CC2)cc1S(=O)(=O)N1CCN(C)CC1. The Morgan fingerprint density at radius 1 is 0.750 bits per heavy atom. The van der Waals surface area contributed by atoms with Crippen molar-refractivity contribution in [2.24, 2.45) is 0 Å². The quantitative estimate of drug-likeness (QED) is 0.623. The van der Waals surface area contributed by atoms with Crippen LogP contribution in [0.4, 0.5) is 0 Å². The second-order valence-electron chi connectivity index (χ2n) is 7.23. The lowest BCUT2D eigenvalue weighted by Crippen LogP contribution is -2.47. The average Bonchev–Trinajstić information content (AvgIpc) is 2.68. The van der Waals surface area contributed by atoms with E-state index in [0.717, 1.165) is 0 Å². The van der Waals surface area contributed by atoms with E-state index in [9.17, 15) is 16.8 Å². The number of methoxy groups -OCH3 is 1. The minimum Gasteiger partial charge on any atom is -0.495 e. The summed E-state index contributed by atoms with van der Waals surface area (Å²) in [6.45, 7) is 4.01. The Hall–Kier alpha value is -1.24. The molecule has 11 heteroatoms. The fraction of sp³-hybridized carbons (Fsp3) is 0.647. The van der Waals surface area contributed by atoms with Crippen LogP contribution in [-0.4, -0.2) is 109 Å². The van der Waals surface area contributed by atoms with Crippen molar-refractivity contribution in [3.8, 4) is 5.75 Å². The highest BCUT2D eigenvalue weighted by molar-refractivity contribution is 7.90. The first-order chi connectivity index (χ1) is 13.2. The number of piperazine rings is 2. The highest BCUT2D eigenvalue weighted by Crippen LogP contribution is 2.31. The molecule has 2 aliphatic rings. The topological polar surface area (TPSA) is 90.5 Å². The highest BCUT2D eigenvalue weighted by Gasteiger charge is 2.33. The monoisotopic (exact) mass is 432 g/mol. The van der Waals surface area contributed by atoms with Gasteiger partial charge in [-0.15, -0.1) is 0 Å². The maximum Gasteiger partial charge on any atom is 0.246 e. The molecule has 1 aromatic rings. The Bertz CT molecular complexity index is 903. The minimum absolute atomic E-state index is 0.0226. The summed E-state index contributed by atoms with van der Waals surface area (Å²) in [6.07, 6.45) is 0. The van der Waals surface area contributed by atoms with Crippen molar-refractivity contribution in [3.63, 3.8) is 0 Å². The van der Waals surface area contributed by atoms with Crippen LogP contribution in [-0.2, 0) is 20.0 Å². The van der Waals surface area contributed by atoms with E-state index < -0.39 is 20.0 Å². The number of benzene rings is 1. The third kappa shape index (κ3) is 4.19. The third-order valence-corrected chi connectivity index (χ3v) is 9.13. The second kappa shape index (κ2) is 8.25. The lowest BCUT2D eigenvalue weighted by atomic mass is 10.3. The molecule has 158 valence electrons. The summed E-state index contributed by atoms with van der Waals surface area (Å²) >= 11 is 0. The van der Waals surface area contributed by atoms with E-state index in [1.807, 2.05) is 14.1 Å². The Morgan fingerprint density at radius 2 is 1.21 bits per heavy atom. The molecule has 0 aliphatic carbocycles. The maximum absolute atomic E-state index is 13.2. The fourth-order valence-corrected chi connectivity index (χ4v) is 6.49. The molecule has 0 atom stereocenters. The van der Waals surface area contributed by atoms with Crippen molar-refractivity contribution in [3.05, 3.63) is 18.2 Å². The zero-order valence-electron chi connectivity index (χ0n) is 16.5. The normalized spacial score (nSPS) is 21.7. The Balaban J connectivity index is 1.96. The van der Waals surface area contributed by atoms with Crippen molar-refractivity contribution < 1.29 is 21.6 Å². The molecular formula is C17H28N4O5S2. The van der Waals surface area contributed by atoms with E-state index in [1.54, 1.807) is 0 Å². The van der Waals surface area contributed by atoms with Crippen LogP contribution in [0, 0.1) is 0 Å². The molecule has 3 rings (SSSR count). The van der Waals surface area contributed by atoms with Gasteiger partial charge in [0, 0.05) is 52.4 Å². The van der Waals surface area contributed by atoms with Gasteiger partial charge >= 0.3 is 0 Å². The van der Waals surface area contributed by atoms with Crippen LogP contribution >= 0.6 is 0 Å². The van der Waals surface area contributed by atoms with Gasteiger partial charge in [-0.25, -0.2) is 16.8 Å². The Labute approximate surface area is 167 Å². The first-order valence-electron chi connectivity index (χ1n) is 9.21. The molecule has 0 unspecified atom stereocenters. The maximum atomic E-state index is 13.2. The Kier molecular flexibility index (Phi) is 6.32. The van der Waals surface area contributed by atoms with Crippen LogP contribution in [0.25, 0.3) is 0 Å². The predicted molar refractivity (Wildman–Crippen MR) is 106 cm³/mol. The molecule has 0 aromatic heterocycles. The molecule has 9 nitrogen and oxygen atoms in total. The standard InChI is InChI=1S/C17H28N4O5S2/c1-18-6-10-20(11-7-18)27(22,23)15-4-5-16(26-3)17(14-15)28(24,25)21-12-8-19(2)9-13-21/h4-5,14H,6-13H2,1-3H3. The smallest absolute Gasteiger partial charge is 0.246 e. The van der Waals surface area contributed by atoms with Gasteiger partial charge in [-0.05, 0) is 32.3 Å². The summed E-state index contributed by atoms with van der Waals surface area (Å²) in [6, 6.07) is 4.07. The van der Waals surface area contributed by atoms with E-state index in [-0.39, 0.29) is 15.5 Å². The molecule has 0 amide bonds. The van der Waals surface area contributed by atoms with E-state index in [0.29, 0.717) is 52.4 Å². The van der Waals surface area contributed by atoms with Crippen molar-refractivity contribution in [1.82, 2.24) is 18.4 Å². The van der Waals surface area contributed by atoms with E-state index >= 15 is 0 Å². The molecule has 2 heterocycles. The molecule has 0 radical (unpaired) electrons. The molecule has 0 N–H and O–H groups in total. The molecule has 28 heavy (non-hydrogen) atoms. The molecule has 2 aliphatic heterocycles. The molecular weight excluding hydrogens is 404 g/mol. The summed E-state index contributed by atoms with van der Waals surface area (Å²) in [7, 11) is -2.37. The summed E-state index contributed by atoms with van der Waals surface area (Å²) in [5.74, 6) is 0.149. The first-order valence-corrected chi connectivity index (χ1v) is 12.1. The van der Waals surface area contributed by atoms with Gasteiger partial charge in [-0.2, -0.15) is 8.61 Å². The van der Waals surface area contributed by atoms with Gasteiger partial charge in [0.25, 0.3) is 0 Å². The lowest BCUT2D eigenvalue weighted by Gasteiger charge is -2.32. The fourth-order valence-electron chi connectivity index (χ4n) is 3.36. The molecule has 1 aromatic carbocycles. The van der Waals surface area contributed by atoms with Crippen molar-refractivity contribution in [2.45, 2.75) is 9.79 Å². The van der Waals surface area contributed by atoms with Gasteiger partial charge < -0.3 is 14.5 Å². The molecule has 2 fully saturated rings. The number of rotatable bonds is 5. The minimum atomic E-state index is -3.86. The van der Waals surface area contributed by atoms with Crippen molar-refractivity contribution in [1.29, 1.82) is 0 Å². The zero-order valence-corrected chi connectivity index (χ0v) is 18.2. The average molecular weight is 433 g/mol. The summed E-state index contributed by atoms with van der Waals surface area (Å²) in [5.41, 5.74) is 0. The largest absolute Gasteiger partial charge is 0.495 e. The summed E-state index contributed by atoms with van der Waals surface area (Å²) in [4.78, 5) is 3.99. The van der Waals surface area contributed by atoms with Crippen molar-refractivity contribution >= 4 is 20.0 Å². The van der Waals surface area contributed by atoms with Crippen LogP contribution < -0.4 is 4.74 Å². The zero-order chi connectivity index (χ0) is 20.5. The summed E-state index contributed by atoms with van der Waals surface area (Å²) < 4.78 is 60.5.